The van der Waals surface area contributed by atoms with Crippen LogP contribution in [-0.4, -0.2) is 37.3 Å². The Bertz CT molecular complexity index is 766. The fraction of sp³-hybridized carbons (Fsp3) is 0.533. The van der Waals surface area contributed by atoms with Gasteiger partial charge in [0.05, 0.1) is 6.04 Å². The van der Waals surface area contributed by atoms with Crippen LogP contribution < -0.4 is 5.56 Å². The van der Waals surface area contributed by atoms with Crippen LogP contribution >= 0.6 is 0 Å². The fourth-order valence-corrected chi connectivity index (χ4v) is 2.76. The molecule has 1 fully saturated rings. The van der Waals surface area contributed by atoms with Crippen LogP contribution in [0.15, 0.2) is 21.5 Å². The summed E-state index contributed by atoms with van der Waals surface area (Å²) in [7, 11) is 0. The Morgan fingerprint density at radius 2 is 2.22 bits per heavy atom. The molecule has 2 aromatic rings. The lowest BCUT2D eigenvalue weighted by Crippen LogP contribution is -2.33. The van der Waals surface area contributed by atoms with Gasteiger partial charge in [0.25, 0.3) is 11.5 Å². The number of likely N-dealkylation sites (tertiary alicyclic amines) is 1. The fourth-order valence-electron chi connectivity index (χ4n) is 2.76. The molecule has 0 radical (unpaired) electrons. The summed E-state index contributed by atoms with van der Waals surface area (Å²) < 4.78 is 6.43. The Morgan fingerprint density at radius 3 is 2.91 bits per heavy atom. The first-order chi connectivity index (χ1) is 11.1. The molecule has 0 aromatic carbocycles. The molecule has 23 heavy (non-hydrogen) atoms. The summed E-state index contributed by atoms with van der Waals surface area (Å²) in [6.07, 6.45) is 2.33. The maximum absolute atomic E-state index is 12.7. The van der Waals surface area contributed by atoms with Gasteiger partial charge < -0.3 is 9.42 Å². The van der Waals surface area contributed by atoms with E-state index in [1.807, 2.05) is 13.8 Å². The molecule has 1 aliphatic rings. The van der Waals surface area contributed by atoms with Crippen LogP contribution in [0.5, 0.6) is 0 Å². The molecule has 3 rings (SSSR count). The molecule has 0 aliphatic carbocycles. The molecule has 8 nitrogen and oxygen atoms in total. The van der Waals surface area contributed by atoms with Gasteiger partial charge in [0.15, 0.2) is 5.82 Å². The van der Waals surface area contributed by atoms with E-state index in [2.05, 4.69) is 15.2 Å². The molecule has 0 bridgehead atoms. The highest BCUT2D eigenvalue weighted by Crippen LogP contribution is 2.31. The predicted molar refractivity (Wildman–Crippen MR) is 80.9 cm³/mol. The van der Waals surface area contributed by atoms with Crippen LogP contribution in [-0.2, 0) is 13.0 Å². The van der Waals surface area contributed by atoms with Crippen molar-refractivity contribution in [3.8, 4) is 0 Å². The van der Waals surface area contributed by atoms with Crippen molar-refractivity contribution >= 4 is 5.91 Å². The Morgan fingerprint density at radius 1 is 1.39 bits per heavy atom. The minimum atomic E-state index is -0.215. The van der Waals surface area contributed by atoms with Gasteiger partial charge in [-0.15, -0.1) is 0 Å². The average molecular weight is 317 g/mol. The van der Waals surface area contributed by atoms with Crippen molar-refractivity contribution in [2.24, 2.45) is 0 Å². The van der Waals surface area contributed by atoms with Gasteiger partial charge in [-0.25, -0.2) is 4.68 Å². The summed E-state index contributed by atoms with van der Waals surface area (Å²) >= 11 is 0. The molecule has 0 spiro atoms. The third-order valence-electron chi connectivity index (χ3n) is 3.98. The van der Waals surface area contributed by atoms with E-state index in [9.17, 15) is 9.59 Å². The van der Waals surface area contributed by atoms with Gasteiger partial charge in [-0.05, 0) is 25.8 Å². The number of carbonyl (C=O) groups excluding carboxylic acids is 1. The molecule has 1 saturated heterocycles. The molecule has 122 valence electrons. The molecule has 3 heterocycles. The van der Waals surface area contributed by atoms with Gasteiger partial charge in [0.2, 0.25) is 5.89 Å². The zero-order valence-electron chi connectivity index (χ0n) is 13.2. The normalized spacial score (nSPS) is 17.7. The molecule has 2 aromatic heterocycles. The van der Waals surface area contributed by atoms with E-state index in [1.54, 1.807) is 4.90 Å². The predicted octanol–water partition coefficient (Wildman–Crippen LogP) is 1.19. The number of aromatic nitrogens is 4. The van der Waals surface area contributed by atoms with Crippen LogP contribution in [0.3, 0.4) is 0 Å². The first kappa shape index (κ1) is 15.4. The molecule has 0 unspecified atom stereocenters. The number of nitrogens with zero attached hydrogens (tertiary/aromatic N) is 5. The van der Waals surface area contributed by atoms with E-state index >= 15 is 0 Å². The third kappa shape index (κ3) is 2.88. The second kappa shape index (κ2) is 6.31. The van der Waals surface area contributed by atoms with Crippen molar-refractivity contribution in [3.05, 3.63) is 39.9 Å². The summed E-state index contributed by atoms with van der Waals surface area (Å²) in [6, 6.07) is 2.65. The SMILES string of the molecule is CCc1nc([C@H]2CCCN2C(=O)c2ccc(=O)n(CC)n2)no1. The van der Waals surface area contributed by atoms with Gasteiger partial charge in [0, 0.05) is 25.6 Å². The second-order valence-electron chi connectivity index (χ2n) is 5.43. The van der Waals surface area contributed by atoms with Crippen molar-refractivity contribution in [3.63, 3.8) is 0 Å². The summed E-state index contributed by atoms with van der Waals surface area (Å²) in [4.78, 5) is 30.4. The molecule has 1 atom stereocenters. The van der Waals surface area contributed by atoms with Gasteiger partial charge in [-0.2, -0.15) is 10.1 Å². The van der Waals surface area contributed by atoms with E-state index in [1.165, 1.54) is 16.8 Å². The third-order valence-corrected chi connectivity index (χ3v) is 3.98. The van der Waals surface area contributed by atoms with E-state index < -0.39 is 0 Å². The maximum Gasteiger partial charge on any atom is 0.274 e. The zero-order valence-corrected chi connectivity index (χ0v) is 13.2. The Balaban J connectivity index is 1.87. The Kier molecular flexibility index (Phi) is 4.22. The van der Waals surface area contributed by atoms with Gasteiger partial charge >= 0.3 is 0 Å². The lowest BCUT2D eigenvalue weighted by molar-refractivity contribution is 0.0719. The number of hydrogen-bond donors (Lipinski definition) is 0. The quantitative estimate of drug-likeness (QED) is 0.840. The molecular formula is C15H19N5O3. The van der Waals surface area contributed by atoms with Crippen molar-refractivity contribution in [1.82, 2.24) is 24.8 Å². The maximum atomic E-state index is 12.7. The van der Waals surface area contributed by atoms with Crippen LogP contribution in [0, 0.1) is 0 Å². The summed E-state index contributed by atoms with van der Waals surface area (Å²) in [6.45, 7) is 4.79. The van der Waals surface area contributed by atoms with Gasteiger partial charge in [-0.3, -0.25) is 9.59 Å². The Hall–Kier alpha value is -2.51. The van der Waals surface area contributed by atoms with E-state index in [4.69, 9.17) is 4.52 Å². The first-order valence-corrected chi connectivity index (χ1v) is 7.85. The molecule has 8 heteroatoms. The average Bonchev–Trinajstić information content (AvgIpc) is 3.23. The van der Waals surface area contributed by atoms with Crippen molar-refractivity contribution in [2.45, 2.75) is 45.7 Å². The smallest absolute Gasteiger partial charge is 0.274 e. The number of hydrogen-bond acceptors (Lipinski definition) is 6. The van der Waals surface area contributed by atoms with Crippen LogP contribution in [0.2, 0.25) is 0 Å². The second-order valence-corrected chi connectivity index (χ2v) is 5.43. The van der Waals surface area contributed by atoms with E-state index in [0.717, 1.165) is 12.8 Å². The topological polar surface area (TPSA) is 94.1 Å². The molecule has 0 N–H and O–H groups in total. The zero-order chi connectivity index (χ0) is 16.4. The number of aryl methyl sites for hydroxylation is 2. The molecule has 1 amide bonds. The minimum absolute atomic E-state index is 0.199. The largest absolute Gasteiger partial charge is 0.339 e. The summed E-state index contributed by atoms with van der Waals surface area (Å²) in [5, 5.41) is 8.12. The number of carbonyl (C=O) groups is 1. The summed E-state index contributed by atoms with van der Waals surface area (Å²) in [5.74, 6) is 0.894. The highest BCUT2D eigenvalue weighted by Gasteiger charge is 2.34. The van der Waals surface area contributed by atoms with Crippen LogP contribution in [0.4, 0.5) is 0 Å². The molecule has 0 saturated carbocycles. The Labute approximate surface area is 133 Å². The first-order valence-electron chi connectivity index (χ1n) is 7.85. The number of amides is 1. The molecular weight excluding hydrogens is 298 g/mol. The van der Waals surface area contributed by atoms with E-state index in [0.29, 0.717) is 31.2 Å². The standard InChI is InChI=1S/C15H19N5O3/c1-3-12-16-14(18-23-12)11-6-5-9-19(11)15(22)10-7-8-13(21)20(4-2)17-10/h7-8,11H,3-6,9H2,1-2H3/t11-/m1/s1. The lowest BCUT2D eigenvalue weighted by Gasteiger charge is -2.21. The number of rotatable bonds is 4. The van der Waals surface area contributed by atoms with Gasteiger partial charge in [-0.1, -0.05) is 12.1 Å². The summed E-state index contributed by atoms with van der Waals surface area (Å²) in [5.41, 5.74) is 0.0466. The highest BCUT2D eigenvalue weighted by atomic mass is 16.5. The highest BCUT2D eigenvalue weighted by molar-refractivity contribution is 5.92. The van der Waals surface area contributed by atoms with Crippen LogP contribution in [0.25, 0.3) is 0 Å². The van der Waals surface area contributed by atoms with Crippen molar-refractivity contribution < 1.29 is 9.32 Å². The van der Waals surface area contributed by atoms with Gasteiger partial charge in [0.1, 0.15) is 5.69 Å². The lowest BCUT2D eigenvalue weighted by atomic mass is 10.2. The molecule has 1 aliphatic heterocycles. The monoisotopic (exact) mass is 317 g/mol. The van der Waals surface area contributed by atoms with Crippen molar-refractivity contribution in [2.75, 3.05) is 6.54 Å². The minimum Gasteiger partial charge on any atom is -0.339 e. The van der Waals surface area contributed by atoms with E-state index in [-0.39, 0.29) is 23.2 Å². The van der Waals surface area contributed by atoms with Crippen LogP contribution in [0.1, 0.15) is 54.9 Å². The van der Waals surface area contributed by atoms with Crippen molar-refractivity contribution in [1.29, 1.82) is 0 Å².